The Hall–Kier alpha value is -1.63. The van der Waals surface area contributed by atoms with Crippen molar-refractivity contribution in [2.75, 3.05) is 6.26 Å². The van der Waals surface area contributed by atoms with Crippen LogP contribution < -0.4 is 0 Å². The van der Waals surface area contributed by atoms with Gasteiger partial charge in [-0.25, -0.2) is 13.4 Å². The molecule has 4 nitrogen and oxygen atoms in total. The molecule has 0 aliphatic heterocycles. The predicted molar refractivity (Wildman–Crippen MR) is 88.1 cm³/mol. The number of hydrogen-bond acceptors (Lipinski definition) is 5. The summed E-state index contributed by atoms with van der Waals surface area (Å²) in [5.41, 5.74) is 1.47. The van der Waals surface area contributed by atoms with Gasteiger partial charge in [0.05, 0.1) is 14.1 Å². The summed E-state index contributed by atoms with van der Waals surface area (Å²) in [6.07, 6.45) is 1.18. The first-order chi connectivity index (χ1) is 10.3. The molecule has 0 amide bonds. The maximum atomic E-state index is 11.5. The molecule has 7 heteroatoms. The minimum atomic E-state index is -3.21. The third kappa shape index (κ3) is 2.95. The van der Waals surface area contributed by atoms with Crippen molar-refractivity contribution in [1.82, 2.24) is 4.98 Å². The highest BCUT2D eigenvalue weighted by atomic mass is 35.5. The number of sulfone groups is 1. The van der Waals surface area contributed by atoms with E-state index < -0.39 is 9.84 Å². The van der Waals surface area contributed by atoms with Gasteiger partial charge < -0.3 is 4.42 Å². The molecule has 0 spiro atoms. The lowest BCUT2D eigenvalue weighted by Gasteiger charge is -2.02. The van der Waals surface area contributed by atoms with Gasteiger partial charge in [0.1, 0.15) is 5.69 Å². The van der Waals surface area contributed by atoms with E-state index in [-0.39, 0.29) is 4.90 Å². The van der Waals surface area contributed by atoms with Gasteiger partial charge in [0.2, 0.25) is 0 Å². The Bertz CT molecular complexity index is 924. The van der Waals surface area contributed by atoms with E-state index >= 15 is 0 Å². The first kappa shape index (κ1) is 15.3. The quantitative estimate of drug-likeness (QED) is 0.698. The van der Waals surface area contributed by atoms with Gasteiger partial charge >= 0.3 is 0 Å². The monoisotopic (exact) mass is 353 g/mol. The minimum Gasteiger partial charge on any atom is -0.439 e. The molecule has 0 atom stereocenters. The summed E-state index contributed by atoms with van der Waals surface area (Å²) in [6, 6.07) is 10.3. The molecule has 3 rings (SSSR count). The van der Waals surface area contributed by atoms with Gasteiger partial charge in [0.25, 0.3) is 0 Å². The number of thiophene rings is 1. The maximum Gasteiger partial charge on any atom is 0.192 e. The van der Waals surface area contributed by atoms with Crippen molar-refractivity contribution in [3.8, 4) is 21.9 Å². The van der Waals surface area contributed by atoms with Gasteiger partial charge in [-0.2, -0.15) is 0 Å². The van der Waals surface area contributed by atoms with Crippen LogP contribution in [-0.2, 0) is 9.84 Å². The Morgan fingerprint density at radius 2 is 1.82 bits per heavy atom. The SMILES string of the molecule is Cc1nc(-c2ccc(S(C)(=O)=O)cc2)c(-c2ccc(Cl)s2)o1. The van der Waals surface area contributed by atoms with E-state index in [9.17, 15) is 8.42 Å². The van der Waals surface area contributed by atoms with Crippen LogP contribution in [0, 0.1) is 6.92 Å². The fourth-order valence-corrected chi connectivity index (χ4v) is 3.74. The van der Waals surface area contributed by atoms with Crippen molar-refractivity contribution in [3.05, 3.63) is 46.6 Å². The summed E-state index contributed by atoms with van der Waals surface area (Å²) in [5.74, 6) is 1.18. The van der Waals surface area contributed by atoms with Crippen LogP contribution in [0.15, 0.2) is 45.7 Å². The van der Waals surface area contributed by atoms with Crippen LogP contribution in [0.5, 0.6) is 0 Å². The van der Waals surface area contributed by atoms with E-state index in [4.69, 9.17) is 16.0 Å². The molecule has 0 saturated carbocycles. The fraction of sp³-hybridized carbons (Fsp3) is 0.133. The van der Waals surface area contributed by atoms with Gasteiger partial charge in [0.15, 0.2) is 21.5 Å². The van der Waals surface area contributed by atoms with E-state index in [1.165, 1.54) is 17.6 Å². The molecule has 0 fully saturated rings. The van der Waals surface area contributed by atoms with Crippen molar-refractivity contribution in [2.45, 2.75) is 11.8 Å². The van der Waals surface area contributed by atoms with Crippen LogP contribution >= 0.6 is 22.9 Å². The van der Waals surface area contributed by atoms with Crippen molar-refractivity contribution < 1.29 is 12.8 Å². The van der Waals surface area contributed by atoms with Crippen LogP contribution in [0.3, 0.4) is 0 Å². The maximum absolute atomic E-state index is 11.5. The first-order valence-corrected chi connectivity index (χ1v) is 9.47. The van der Waals surface area contributed by atoms with Gasteiger partial charge in [-0.15, -0.1) is 11.3 Å². The molecule has 22 heavy (non-hydrogen) atoms. The average Bonchev–Trinajstić information content (AvgIpc) is 3.04. The highest BCUT2D eigenvalue weighted by Crippen LogP contribution is 2.38. The van der Waals surface area contributed by atoms with E-state index in [2.05, 4.69) is 4.98 Å². The van der Waals surface area contributed by atoms with Crippen LogP contribution in [0.2, 0.25) is 4.34 Å². The number of hydrogen-bond donors (Lipinski definition) is 0. The van der Waals surface area contributed by atoms with Crippen molar-refractivity contribution in [2.24, 2.45) is 0 Å². The van der Waals surface area contributed by atoms with Crippen molar-refractivity contribution >= 4 is 32.8 Å². The highest BCUT2D eigenvalue weighted by molar-refractivity contribution is 7.90. The van der Waals surface area contributed by atoms with Gasteiger partial charge in [0, 0.05) is 18.7 Å². The van der Waals surface area contributed by atoms with Crippen molar-refractivity contribution in [3.63, 3.8) is 0 Å². The lowest BCUT2D eigenvalue weighted by molar-refractivity contribution is 0.535. The molecule has 2 heterocycles. The Morgan fingerprint density at radius 1 is 1.14 bits per heavy atom. The molecule has 0 saturated heterocycles. The third-order valence-corrected chi connectivity index (χ3v) is 5.45. The number of benzene rings is 1. The van der Waals surface area contributed by atoms with E-state index in [0.717, 1.165) is 10.4 Å². The molecular weight excluding hydrogens is 342 g/mol. The smallest absolute Gasteiger partial charge is 0.192 e. The number of aryl methyl sites for hydroxylation is 1. The normalized spacial score (nSPS) is 11.8. The van der Waals surface area contributed by atoms with Crippen LogP contribution in [0.4, 0.5) is 0 Å². The number of nitrogens with zero attached hydrogens (tertiary/aromatic N) is 1. The lowest BCUT2D eigenvalue weighted by atomic mass is 10.1. The molecule has 0 unspecified atom stereocenters. The predicted octanol–water partition coefficient (Wildman–Crippen LogP) is 4.44. The zero-order valence-corrected chi connectivity index (χ0v) is 14.2. The topological polar surface area (TPSA) is 60.2 Å². The number of aromatic nitrogens is 1. The molecule has 114 valence electrons. The molecule has 0 aliphatic rings. The van der Waals surface area contributed by atoms with Crippen LogP contribution in [0.25, 0.3) is 21.9 Å². The average molecular weight is 354 g/mol. The Morgan fingerprint density at radius 3 is 2.36 bits per heavy atom. The summed E-state index contributed by atoms with van der Waals surface area (Å²) in [4.78, 5) is 5.56. The van der Waals surface area contributed by atoms with Gasteiger partial charge in [-0.3, -0.25) is 0 Å². The molecule has 0 N–H and O–H groups in total. The standard InChI is InChI=1S/C15H12ClNO3S2/c1-9-17-14(15(20-9)12-7-8-13(16)21-12)10-3-5-11(6-4-10)22(2,18)19/h3-8H,1-2H3. The number of oxazole rings is 1. The molecule has 3 aromatic rings. The highest BCUT2D eigenvalue weighted by Gasteiger charge is 2.17. The lowest BCUT2D eigenvalue weighted by Crippen LogP contribution is -1.96. The van der Waals surface area contributed by atoms with Crippen LogP contribution in [-0.4, -0.2) is 19.7 Å². The number of rotatable bonds is 3. The van der Waals surface area contributed by atoms with Gasteiger partial charge in [-0.1, -0.05) is 23.7 Å². The molecule has 0 bridgehead atoms. The minimum absolute atomic E-state index is 0.275. The Balaban J connectivity index is 2.09. The molecule has 1 aromatic carbocycles. The van der Waals surface area contributed by atoms with E-state index in [1.54, 1.807) is 37.3 Å². The zero-order chi connectivity index (χ0) is 15.9. The van der Waals surface area contributed by atoms with Crippen LogP contribution in [0.1, 0.15) is 5.89 Å². The Kier molecular flexibility index (Phi) is 3.84. The summed E-state index contributed by atoms with van der Waals surface area (Å²) < 4.78 is 29.4. The fourth-order valence-electron chi connectivity index (χ4n) is 2.09. The third-order valence-electron chi connectivity index (χ3n) is 3.09. The zero-order valence-electron chi connectivity index (χ0n) is 11.8. The second-order valence-corrected chi connectivity index (χ2v) is 8.54. The summed E-state index contributed by atoms with van der Waals surface area (Å²) >= 11 is 7.38. The Labute approximate surface area is 137 Å². The molecule has 0 radical (unpaired) electrons. The second kappa shape index (κ2) is 5.53. The largest absolute Gasteiger partial charge is 0.439 e. The van der Waals surface area contributed by atoms with Gasteiger partial charge in [-0.05, 0) is 24.3 Å². The molecule has 0 aliphatic carbocycles. The van der Waals surface area contributed by atoms with Crippen molar-refractivity contribution in [1.29, 1.82) is 0 Å². The second-order valence-electron chi connectivity index (χ2n) is 4.81. The molecular formula is C15H12ClNO3S2. The summed E-state index contributed by atoms with van der Waals surface area (Å²) in [6.45, 7) is 1.77. The summed E-state index contributed by atoms with van der Waals surface area (Å²) in [5, 5.41) is 0. The first-order valence-electron chi connectivity index (χ1n) is 6.38. The molecule has 2 aromatic heterocycles. The van der Waals surface area contributed by atoms with E-state index in [1.807, 2.05) is 6.07 Å². The summed E-state index contributed by atoms with van der Waals surface area (Å²) in [7, 11) is -3.21. The number of halogens is 1. The van der Waals surface area contributed by atoms with E-state index in [0.29, 0.717) is 21.7 Å².